The molecule has 0 radical (unpaired) electrons. The number of carbonyl (C=O) groups excluding carboxylic acids is 1. The van der Waals surface area contributed by atoms with Gasteiger partial charge in [-0.3, -0.25) is 14.8 Å². The quantitative estimate of drug-likeness (QED) is 0.323. The summed E-state index contributed by atoms with van der Waals surface area (Å²) in [6.07, 6.45) is 2.64. The summed E-state index contributed by atoms with van der Waals surface area (Å²) < 4.78 is 0. The van der Waals surface area contributed by atoms with E-state index in [1.165, 1.54) is 0 Å². The highest BCUT2D eigenvalue weighted by atomic mass is 127. The van der Waals surface area contributed by atoms with Gasteiger partial charge in [0, 0.05) is 50.1 Å². The molecule has 2 rings (SSSR count). The van der Waals surface area contributed by atoms with Crippen LogP contribution >= 0.6 is 24.0 Å². The molecular formula is C20H28IN5O. The Morgan fingerprint density at radius 3 is 2.44 bits per heavy atom. The van der Waals surface area contributed by atoms with Crippen molar-refractivity contribution < 1.29 is 4.79 Å². The zero-order valence-electron chi connectivity index (χ0n) is 16.0. The van der Waals surface area contributed by atoms with Gasteiger partial charge in [-0.25, -0.2) is 0 Å². The fourth-order valence-corrected chi connectivity index (χ4v) is 2.25. The number of guanidine groups is 1. The molecule has 1 heterocycles. The summed E-state index contributed by atoms with van der Waals surface area (Å²) in [5.41, 5.74) is 2.97. The van der Waals surface area contributed by atoms with Crippen molar-refractivity contribution in [3.05, 3.63) is 59.9 Å². The van der Waals surface area contributed by atoms with E-state index in [4.69, 9.17) is 0 Å². The third-order valence-electron chi connectivity index (χ3n) is 3.83. The van der Waals surface area contributed by atoms with E-state index in [9.17, 15) is 4.79 Å². The molecule has 0 saturated carbocycles. The average molecular weight is 481 g/mol. The maximum Gasteiger partial charge on any atom is 0.226 e. The molecule has 2 aromatic rings. The van der Waals surface area contributed by atoms with E-state index in [-0.39, 0.29) is 35.8 Å². The fraction of sp³-hybridized carbons (Fsp3) is 0.350. The zero-order valence-corrected chi connectivity index (χ0v) is 18.4. The van der Waals surface area contributed by atoms with Crippen LogP contribution in [0.4, 0.5) is 5.69 Å². The van der Waals surface area contributed by atoms with Gasteiger partial charge in [-0.05, 0) is 29.8 Å². The van der Waals surface area contributed by atoms with E-state index < -0.39 is 0 Å². The van der Waals surface area contributed by atoms with E-state index >= 15 is 0 Å². The van der Waals surface area contributed by atoms with Gasteiger partial charge in [-0.15, -0.1) is 24.0 Å². The van der Waals surface area contributed by atoms with Crippen molar-refractivity contribution in [2.45, 2.75) is 26.8 Å². The molecule has 1 aromatic heterocycles. The number of pyridine rings is 1. The molecule has 0 unspecified atom stereocenters. The van der Waals surface area contributed by atoms with Gasteiger partial charge in [0.1, 0.15) is 0 Å². The summed E-state index contributed by atoms with van der Waals surface area (Å²) in [4.78, 5) is 20.2. The van der Waals surface area contributed by atoms with Gasteiger partial charge in [0.05, 0.1) is 0 Å². The smallest absolute Gasteiger partial charge is 0.226 e. The molecule has 0 atom stereocenters. The summed E-state index contributed by atoms with van der Waals surface area (Å²) in [7, 11) is 1.75. The SMILES string of the molecule is CN=C(NCCc1ccccn1)NCc1ccc(NC(=O)C(C)C)cc1.I. The average Bonchev–Trinajstić information content (AvgIpc) is 2.66. The molecule has 0 spiro atoms. The first kappa shape index (κ1) is 22.9. The fourth-order valence-electron chi connectivity index (χ4n) is 2.25. The van der Waals surface area contributed by atoms with Gasteiger partial charge in [0.2, 0.25) is 5.91 Å². The number of anilines is 1. The minimum Gasteiger partial charge on any atom is -0.356 e. The number of nitrogens with zero attached hydrogens (tertiary/aromatic N) is 2. The first-order valence-electron chi connectivity index (χ1n) is 8.82. The zero-order chi connectivity index (χ0) is 18.8. The van der Waals surface area contributed by atoms with Crippen LogP contribution in [0, 0.1) is 5.92 Å². The van der Waals surface area contributed by atoms with Gasteiger partial charge in [-0.1, -0.05) is 32.0 Å². The number of rotatable bonds is 7. The monoisotopic (exact) mass is 481 g/mol. The number of carbonyl (C=O) groups is 1. The Hall–Kier alpha value is -2.16. The number of amides is 1. The second kappa shape index (κ2) is 12.3. The summed E-state index contributed by atoms with van der Waals surface area (Å²) in [6, 6.07) is 13.7. The van der Waals surface area contributed by atoms with Crippen molar-refractivity contribution in [3.8, 4) is 0 Å². The second-order valence-electron chi connectivity index (χ2n) is 6.26. The highest BCUT2D eigenvalue weighted by Gasteiger charge is 2.06. The third kappa shape index (κ3) is 8.38. The Balaban J connectivity index is 0.00000364. The van der Waals surface area contributed by atoms with E-state index in [0.717, 1.165) is 35.9 Å². The van der Waals surface area contributed by atoms with E-state index in [1.54, 1.807) is 13.2 Å². The normalized spacial score (nSPS) is 10.9. The molecular weight excluding hydrogens is 453 g/mol. The number of aromatic nitrogens is 1. The molecule has 0 bridgehead atoms. The highest BCUT2D eigenvalue weighted by Crippen LogP contribution is 2.10. The van der Waals surface area contributed by atoms with Gasteiger partial charge in [-0.2, -0.15) is 0 Å². The Morgan fingerprint density at radius 1 is 1.11 bits per heavy atom. The Morgan fingerprint density at radius 2 is 1.85 bits per heavy atom. The highest BCUT2D eigenvalue weighted by molar-refractivity contribution is 14.0. The lowest BCUT2D eigenvalue weighted by Crippen LogP contribution is -2.37. The molecule has 0 fully saturated rings. The van der Waals surface area contributed by atoms with Crippen molar-refractivity contribution >= 4 is 41.5 Å². The van der Waals surface area contributed by atoms with Gasteiger partial charge in [0.25, 0.3) is 0 Å². The molecule has 146 valence electrons. The maximum absolute atomic E-state index is 11.7. The van der Waals surface area contributed by atoms with Crippen LogP contribution in [0.25, 0.3) is 0 Å². The largest absolute Gasteiger partial charge is 0.356 e. The number of nitrogens with one attached hydrogen (secondary N) is 3. The van der Waals surface area contributed by atoms with Crippen LogP contribution in [0.1, 0.15) is 25.1 Å². The van der Waals surface area contributed by atoms with Crippen LogP contribution in [0.2, 0.25) is 0 Å². The van der Waals surface area contributed by atoms with Crippen molar-refractivity contribution in [1.29, 1.82) is 0 Å². The molecule has 7 heteroatoms. The standard InChI is InChI=1S/C20H27N5O.HI/c1-15(2)19(26)25-18-9-7-16(8-10-18)14-24-20(21-3)23-13-11-17-6-4-5-12-22-17;/h4-10,12,15H,11,13-14H2,1-3H3,(H,25,26)(H2,21,23,24);1H. The minimum absolute atomic E-state index is 0. The van der Waals surface area contributed by atoms with E-state index in [2.05, 4.69) is 25.9 Å². The van der Waals surface area contributed by atoms with Crippen LogP contribution in [-0.2, 0) is 17.8 Å². The topological polar surface area (TPSA) is 78.4 Å². The predicted octanol–water partition coefficient (Wildman–Crippen LogP) is 3.20. The Kier molecular flexibility index (Phi) is 10.4. The third-order valence-corrected chi connectivity index (χ3v) is 3.83. The Bertz CT molecular complexity index is 717. The van der Waals surface area contributed by atoms with Gasteiger partial charge >= 0.3 is 0 Å². The number of hydrogen-bond donors (Lipinski definition) is 3. The van der Waals surface area contributed by atoms with Crippen molar-refractivity contribution in [3.63, 3.8) is 0 Å². The summed E-state index contributed by atoms with van der Waals surface area (Å²) in [5, 5.41) is 9.45. The molecule has 27 heavy (non-hydrogen) atoms. The minimum atomic E-state index is -0.0307. The molecule has 6 nitrogen and oxygen atoms in total. The summed E-state index contributed by atoms with van der Waals surface area (Å²) >= 11 is 0. The first-order chi connectivity index (χ1) is 12.6. The van der Waals surface area contributed by atoms with Crippen LogP contribution in [0.3, 0.4) is 0 Å². The number of benzene rings is 1. The number of hydrogen-bond acceptors (Lipinski definition) is 3. The van der Waals surface area contributed by atoms with Crippen LogP contribution in [-0.4, -0.2) is 30.4 Å². The molecule has 0 saturated heterocycles. The van der Waals surface area contributed by atoms with Crippen LogP contribution in [0.5, 0.6) is 0 Å². The maximum atomic E-state index is 11.7. The van der Waals surface area contributed by atoms with Crippen LogP contribution in [0.15, 0.2) is 53.7 Å². The molecule has 1 aromatic carbocycles. The molecule has 3 N–H and O–H groups in total. The van der Waals surface area contributed by atoms with Crippen molar-refractivity contribution in [2.24, 2.45) is 10.9 Å². The summed E-state index contributed by atoms with van der Waals surface area (Å²) in [6.45, 7) is 5.17. The lowest BCUT2D eigenvalue weighted by Gasteiger charge is -2.12. The van der Waals surface area contributed by atoms with Crippen molar-refractivity contribution in [2.75, 3.05) is 18.9 Å². The lowest BCUT2D eigenvalue weighted by molar-refractivity contribution is -0.118. The van der Waals surface area contributed by atoms with Gasteiger partial charge in [0.15, 0.2) is 5.96 Å². The van der Waals surface area contributed by atoms with E-state index in [0.29, 0.717) is 6.54 Å². The van der Waals surface area contributed by atoms with Crippen LogP contribution < -0.4 is 16.0 Å². The lowest BCUT2D eigenvalue weighted by atomic mass is 10.1. The first-order valence-corrected chi connectivity index (χ1v) is 8.82. The van der Waals surface area contributed by atoms with E-state index in [1.807, 2.05) is 56.3 Å². The molecule has 0 aliphatic carbocycles. The molecule has 0 aliphatic rings. The van der Waals surface area contributed by atoms with Gasteiger partial charge < -0.3 is 16.0 Å². The molecule has 0 aliphatic heterocycles. The number of halogens is 1. The second-order valence-corrected chi connectivity index (χ2v) is 6.26. The summed E-state index contributed by atoms with van der Waals surface area (Å²) in [5.74, 6) is 0.739. The van der Waals surface area contributed by atoms with Crippen molar-refractivity contribution in [1.82, 2.24) is 15.6 Å². The Labute approximate surface area is 178 Å². The molecule has 1 amide bonds. The predicted molar refractivity (Wildman–Crippen MR) is 121 cm³/mol. The number of aliphatic imine (C=N–C) groups is 1.